The SMILES string of the molecule is NC(=O)c1ccc([N+](=O)[O-])cc1Br. The molecule has 0 spiro atoms. The van der Waals surface area contributed by atoms with Crippen LogP contribution >= 0.6 is 15.9 Å². The van der Waals surface area contributed by atoms with Crippen molar-refractivity contribution in [2.75, 3.05) is 0 Å². The second-order valence-electron chi connectivity index (χ2n) is 2.29. The van der Waals surface area contributed by atoms with Crippen molar-refractivity contribution in [2.45, 2.75) is 0 Å². The van der Waals surface area contributed by atoms with Gasteiger partial charge in [0.05, 0.1) is 10.5 Å². The number of carbonyl (C=O) groups excluding carboxylic acids is 1. The van der Waals surface area contributed by atoms with Crippen LogP contribution in [0.1, 0.15) is 10.4 Å². The molecule has 0 radical (unpaired) electrons. The minimum Gasteiger partial charge on any atom is -0.366 e. The van der Waals surface area contributed by atoms with E-state index in [-0.39, 0.29) is 11.3 Å². The predicted octanol–water partition coefficient (Wildman–Crippen LogP) is 1.46. The highest BCUT2D eigenvalue weighted by molar-refractivity contribution is 9.10. The highest BCUT2D eigenvalue weighted by Gasteiger charge is 2.11. The summed E-state index contributed by atoms with van der Waals surface area (Å²) in [5.74, 6) is -0.623. The Morgan fingerprint density at radius 3 is 2.54 bits per heavy atom. The third-order valence-corrected chi connectivity index (χ3v) is 2.09. The normalized spacial score (nSPS) is 9.62. The molecule has 1 aromatic rings. The number of nitro groups is 1. The summed E-state index contributed by atoms with van der Waals surface area (Å²) in [5, 5.41) is 10.3. The first-order valence-electron chi connectivity index (χ1n) is 3.26. The third-order valence-electron chi connectivity index (χ3n) is 1.43. The molecule has 68 valence electrons. The number of nitrogens with two attached hydrogens (primary N) is 1. The van der Waals surface area contributed by atoms with E-state index in [1.807, 2.05) is 0 Å². The molecule has 2 N–H and O–H groups in total. The van der Waals surface area contributed by atoms with Gasteiger partial charge in [-0.1, -0.05) is 0 Å². The lowest BCUT2D eigenvalue weighted by Gasteiger charge is -1.98. The summed E-state index contributed by atoms with van der Waals surface area (Å²) < 4.78 is 0.328. The topological polar surface area (TPSA) is 86.2 Å². The number of primary amides is 1. The molecule has 6 heteroatoms. The van der Waals surface area contributed by atoms with E-state index in [4.69, 9.17) is 5.73 Å². The molecule has 0 aliphatic carbocycles. The van der Waals surface area contributed by atoms with E-state index in [0.29, 0.717) is 4.47 Å². The van der Waals surface area contributed by atoms with Gasteiger partial charge in [-0.15, -0.1) is 0 Å². The van der Waals surface area contributed by atoms with Gasteiger partial charge >= 0.3 is 0 Å². The zero-order valence-electron chi connectivity index (χ0n) is 6.36. The first-order chi connectivity index (χ1) is 6.02. The van der Waals surface area contributed by atoms with Crippen molar-refractivity contribution in [3.8, 4) is 0 Å². The fraction of sp³-hybridized carbons (Fsp3) is 0. The monoisotopic (exact) mass is 244 g/mol. The predicted molar refractivity (Wildman–Crippen MR) is 49.3 cm³/mol. The highest BCUT2D eigenvalue weighted by atomic mass is 79.9. The Bertz CT molecular complexity index is 378. The number of non-ortho nitro benzene ring substituents is 1. The van der Waals surface area contributed by atoms with Gasteiger partial charge in [0, 0.05) is 16.6 Å². The van der Waals surface area contributed by atoms with Crippen LogP contribution in [0.5, 0.6) is 0 Å². The molecule has 13 heavy (non-hydrogen) atoms. The van der Waals surface area contributed by atoms with Crippen molar-refractivity contribution in [2.24, 2.45) is 5.73 Å². The fourth-order valence-corrected chi connectivity index (χ4v) is 1.38. The van der Waals surface area contributed by atoms with Crippen LogP contribution in [0.3, 0.4) is 0 Å². The largest absolute Gasteiger partial charge is 0.366 e. The molecular weight excluding hydrogens is 240 g/mol. The van der Waals surface area contributed by atoms with Gasteiger partial charge in [-0.3, -0.25) is 14.9 Å². The lowest BCUT2D eigenvalue weighted by molar-refractivity contribution is -0.384. The molecule has 0 saturated heterocycles. The minimum absolute atomic E-state index is 0.0862. The Hall–Kier alpha value is -1.43. The van der Waals surface area contributed by atoms with Gasteiger partial charge in [-0.25, -0.2) is 0 Å². The summed E-state index contributed by atoms with van der Waals surface area (Å²) in [6, 6.07) is 3.77. The van der Waals surface area contributed by atoms with Crippen LogP contribution in [-0.2, 0) is 0 Å². The Labute approximate surface area is 81.8 Å². The molecule has 0 atom stereocenters. The Kier molecular flexibility index (Phi) is 2.62. The van der Waals surface area contributed by atoms with Gasteiger partial charge in [0.2, 0.25) is 5.91 Å². The Morgan fingerprint density at radius 1 is 1.54 bits per heavy atom. The van der Waals surface area contributed by atoms with E-state index in [1.54, 1.807) is 0 Å². The van der Waals surface area contributed by atoms with Crippen molar-refractivity contribution >= 4 is 27.5 Å². The number of carbonyl (C=O) groups is 1. The standard InChI is InChI=1S/C7H5BrN2O3/c8-6-3-4(10(12)13)1-2-5(6)7(9)11/h1-3H,(H2,9,11). The van der Waals surface area contributed by atoms with Crippen molar-refractivity contribution in [3.05, 3.63) is 38.3 Å². The van der Waals surface area contributed by atoms with Gasteiger partial charge < -0.3 is 5.73 Å². The summed E-state index contributed by atoms with van der Waals surface area (Å²) in [7, 11) is 0. The van der Waals surface area contributed by atoms with Crippen LogP contribution in [0.2, 0.25) is 0 Å². The van der Waals surface area contributed by atoms with E-state index >= 15 is 0 Å². The summed E-state index contributed by atoms with van der Waals surface area (Å²) in [6.45, 7) is 0. The lowest BCUT2D eigenvalue weighted by atomic mass is 10.2. The number of hydrogen-bond donors (Lipinski definition) is 1. The maximum atomic E-state index is 10.7. The van der Waals surface area contributed by atoms with Crippen molar-refractivity contribution in [1.82, 2.24) is 0 Å². The maximum absolute atomic E-state index is 10.7. The average Bonchev–Trinajstić information content (AvgIpc) is 2.03. The van der Waals surface area contributed by atoms with E-state index in [9.17, 15) is 14.9 Å². The summed E-state index contributed by atoms with van der Waals surface area (Å²) in [6.07, 6.45) is 0. The number of rotatable bonds is 2. The van der Waals surface area contributed by atoms with E-state index in [2.05, 4.69) is 15.9 Å². The molecule has 0 fully saturated rings. The summed E-state index contributed by atoms with van der Waals surface area (Å²) in [4.78, 5) is 20.5. The second kappa shape index (κ2) is 3.53. The quantitative estimate of drug-likeness (QED) is 0.631. The molecule has 1 aromatic carbocycles. The van der Waals surface area contributed by atoms with E-state index in [0.717, 1.165) is 0 Å². The minimum atomic E-state index is -0.623. The van der Waals surface area contributed by atoms with Crippen molar-refractivity contribution in [3.63, 3.8) is 0 Å². The number of amides is 1. The molecule has 0 saturated carbocycles. The zero-order valence-corrected chi connectivity index (χ0v) is 7.95. The molecule has 0 aromatic heterocycles. The number of halogens is 1. The smallest absolute Gasteiger partial charge is 0.270 e. The molecular formula is C7H5BrN2O3. The van der Waals surface area contributed by atoms with Crippen molar-refractivity contribution in [1.29, 1.82) is 0 Å². The van der Waals surface area contributed by atoms with Gasteiger partial charge in [0.1, 0.15) is 0 Å². The van der Waals surface area contributed by atoms with Crippen LogP contribution in [0.15, 0.2) is 22.7 Å². The lowest BCUT2D eigenvalue weighted by Crippen LogP contribution is -2.11. The zero-order chi connectivity index (χ0) is 10.0. The van der Waals surface area contributed by atoms with Crippen molar-refractivity contribution < 1.29 is 9.72 Å². The summed E-state index contributed by atoms with van der Waals surface area (Å²) in [5.41, 5.74) is 5.14. The molecule has 5 nitrogen and oxygen atoms in total. The first-order valence-corrected chi connectivity index (χ1v) is 4.05. The maximum Gasteiger partial charge on any atom is 0.270 e. The van der Waals surface area contributed by atoms with Gasteiger partial charge in [0.15, 0.2) is 0 Å². The average molecular weight is 245 g/mol. The van der Waals surface area contributed by atoms with Crippen LogP contribution in [0, 0.1) is 10.1 Å². The molecule has 1 amide bonds. The van der Waals surface area contributed by atoms with Crippen LogP contribution in [0.25, 0.3) is 0 Å². The number of benzene rings is 1. The second-order valence-corrected chi connectivity index (χ2v) is 3.14. The van der Waals surface area contributed by atoms with Crippen LogP contribution in [-0.4, -0.2) is 10.8 Å². The molecule has 0 unspecified atom stereocenters. The first kappa shape index (κ1) is 9.66. The van der Waals surface area contributed by atoms with E-state index in [1.165, 1.54) is 18.2 Å². The molecule has 1 rings (SSSR count). The number of hydrogen-bond acceptors (Lipinski definition) is 3. The van der Waals surface area contributed by atoms with Crippen LogP contribution in [0.4, 0.5) is 5.69 Å². The van der Waals surface area contributed by atoms with Gasteiger partial charge in [-0.2, -0.15) is 0 Å². The Balaban J connectivity index is 3.20. The fourth-order valence-electron chi connectivity index (χ4n) is 0.817. The molecule has 0 aliphatic heterocycles. The highest BCUT2D eigenvalue weighted by Crippen LogP contribution is 2.22. The van der Waals surface area contributed by atoms with E-state index < -0.39 is 10.8 Å². The number of nitrogens with zero attached hydrogens (tertiary/aromatic N) is 1. The molecule has 0 aliphatic rings. The molecule has 0 bridgehead atoms. The summed E-state index contributed by atoms with van der Waals surface area (Å²) >= 11 is 3.01. The van der Waals surface area contributed by atoms with Crippen LogP contribution < -0.4 is 5.73 Å². The third kappa shape index (κ3) is 2.03. The Morgan fingerprint density at radius 2 is 2.15 bits per heavy atom. The van der Waals surface area contributed by atoms with Gasteiger partial charge in [-0.05, 0) is 22.0 Å². The van der Waals surface area contributed by atoms with Gasteiger partial charge in [0.25, 0.3) is 5.69 Å². The number of nitro benzene ring substituents is 1. The molecule has 0 heterocycles.